The van der Waals surface area contributed by atoms with Crippen molar-refractivity contribution in [1.82, 2.24) is 9.46 Å². The van der Waals surface area contributed by atoms with Crippen molar-refractivity contribution in [1.29, 1.82) is 0 Å². The summed E-state index contributed by atoms with van der Waals surface area (Å²) in [4.78, 5) is 12.7. The minimum atomic E-state index is -3.83. The lowest BCUT2D eigenvalue weighted by atomic mass is 10.2. The summed E-state index contributed by atoms with van der Waals surface area (Å²) in [6, 6.07) is 6.65. The Morgan fingerprint density at radius 3 is 2.52 bits per heavy atom. The molecule has 1 fully saturated rings. The summed E-state index contributed by atoms with van der Waals surface area (Å²) in [6.45, 7) is 5.41. The van der Waals surface area contributed by atoms with Crippen LogP contribution in [0.3, 0.4) is 0 Å². The molecule has 1 aliphatic heterocycles. The number of benzene rings is 1. The number of aryl methyl sites for hydroxylation is 3. The van der Waals surface area contributed by atoms with Gasteiger partial charge in [-0.25, -0.2) is 8.42 Å². The van der Waals surface area contributed by atoms with Crippen LogP contribution >= 0.6 is 0 Å². The highest BCUT2D eigenvalue weighted by molar-refractivity contribution is 7.89. The molecule has 25 heavy (non-hydrogen) atoms. The van der Waals surface area contributed by atoms with Crippen LogP contribution in [0.15, 0.2) is 33.7 Å². The van der Waals surface area contributed by atoms with Gasteiger partial charge in [0.2, 0.25) is 15.9 Å². The van der Waals surface area contributed by atoms with Crippen LogP contribution in [0.5, 0.6) is 0 Å². The van der Waals surface area contributed by atoms with E-state index in [0.717, 1.165) is 5.56 Å². The maximum absolute atomic E-state index is 13.0. The van der Waals surface area contributed by atoms with E-state index in [2.05, 4.69) is 10.5 Å². The number of carbonyl (C=O) groups is 1. The Morgan fingerprint density at radius 1 is 1.24 bits per heavy atom. The fourth-order valence-electron chi connectivity index (χ4n) is 3.11. The summed E-state index contributed by atoms with van der Waals surface area (Å²) in [5, 5.41) is 6.52. The molecule has 0 spiro atoms. The molecule has 7 nitrogen and oxygen atoms in total. The molecule has 1 N–H and O–H groups in total. The Morgan fingerprint density at radius 2 is 1.92 bits per heavy atom. The number of nitrogens with zero attached hydrogens (tertiary/aromatic N) is 2. The first-order valence-electron chi connectivity index (χ1n) is 8.13. The van der Waals surface area contributed by atoms with Crippen molar-refractivity contribution < 1.29 is 17.7 Å². The smallest absolute Gasteiger partial charge is 0.249 e. The molecule has 1 aliphatic rings. The molecule has 1 aromatic heterocycles. The number of carbonyl (C=O) groups excluding carboxylic acids is 1. The molecule has 134 valence electrons. The number of anilines is 1. The standard InChI is InChI=1S/C17H21N3O4S/c1-11-6-8-14(9-7-11)18-17(21)15-5-4-10-20(15)25(22,23)16-12(2)19-24-13(16)3/h6-9,15H,4-5,10H2,1-3H3,(H,18,21)/t15-/m1/s1. The molecule has 0 aliphatic carbocycles. The van der Waals surface area contributed by atoms with Crippen molar-refractivity contribution in [3.63, 3.8) is 0 Å². The van der Waals surface area contributed by atoms with Crippen molar-refractivity contribution >= 4 is 21.6 Å². The summed E-state index contributed by atoms with van der Waals surface area (Å²) < 4.78 is 32.2. The van der Waals surface area contributed by atoms with Crippen LogP contribution in [-0.4, -0.2) is 36.4 Å². The predicted octanol–water partition coefficient (Wildman–Crippen LogP) is 2.39. The molecule has 3 rings (SSSR count). The molecule has 0 bridgehead atoms. The Labute approximate surface area is 147 Å². The fourth-order valence-corrected chi connectivity index (χ4v) is 5.06. The molecular formula is C17H21N3O4S. The van der Waals surface area contributed by atoms with Crippen LogP contribution in [0, 0.1) is 20.8 Å². The molecule has 0 radical (unpaired) electrons. The Bertz CT molecular complexity index is 868. The molecule has 2 aromatic rings. The van der Waals surface area contributed by atoms with Gasteiger partial charge in [0.15, 0.2) is 5.76 Å². The Balaban J connectivity index is 1.85. The predicted molar refractivity (Wildman–Crippen MR) is 92.7 cm³/mol. The van der Waals surface area contributed by atoms with Gasteiger partial charge in [0.25, 0.3) is 0 Å². The first-order valence-corrected chi connectivity index (χ1v) is 9.57. The van der Waals surface area contributed by atoms with Crippen molar-refractivity contribution in [2.24, 2.45) is 0 Å². The minimum absolute atomic E-state index is 0.0579. The number of nitrogens with one attached hydrogen (secondary N) is 1. The van der Waals surface area contributed by atoms with E-state index in [4.69, 9.17) is 4.52 Å². The van der Waals surface area contributed by atoms with E-state index in [9.17, 15) is 13.2 Å². The molecule has 1 aromatic carbocycles. The van der Waals surface area contributed by atoms with Crippen molar-refractivity contribution in [3.05, 3.63) is 41.3 Å². The average Bonchev–Trinajstić information content (AvgIpc) is 3.17. The summed E-state index contributed by atoms with van der Waals surface area (Å²) in [6.07, 6.45) is 1.12. The van der Waals surface area contributed by atoms with Crippen LogP contribution in [0.25, 0.3) is 0 Å². The second-order valence-corrected chi connectivity index (χ2v) is 8.11. The van der Waals surface area contributed by atoms with Gasteiger partial charge < -0.3 is 9.84 Å². The zero-order valence-electron chi connectivity index (χ0n) is 14.4. The number of hydrogen-bond donors (Lipinski definition) is 1. The second kappa shape index (κ2) is 6.61. The van der Waals surface area contributed by atoms with Crippen molar-refractivity contribution in [2.45, 2.75) is 44.6 Å². The third-order valence-corrected chi connectivity index (χ3v) is 6.51. The minimum Gasteiger partial charge on any atom is -0.360 e. The van der Waals surface area contributed by atoms with Crippen LogP contribution in [0.1, 0.15) is 29.9 Å². The van der Waals surface area contributed by atoms with E-state index in [1.807, 2.05) is 19.1 Å². The monoisotopic (exact) mass is 363 g/mol. The van der Waals surface area contributed by atoms with E-state index in [0.29, 0.717) is 30.8 Å². The molecular weight excluding hydrogens is 342 g/mol. The highest BCUT2D eigenvalue weighted by Gasteiger charge is 2.41. The molecule has 1 amide bonds. The number of amides is 1. The normalized spacial score (nSPS) is 18.4. The first-order chi connectivity index (χ1) is 11.8. The van der Waals surface area contributed by atoms with Gasteiger partial charge in [-0.2, -0.15) is 4.31 Å². The van der Waals surface area contributed by atoms with Crippen molar-refractivity contribution in [3.8, 4) is 0 Å². The number of rotatable bonds is 4. The number of hydrogen-bond acceptors (Lipinski definition) is 5. The SMILES string of the molecule is Cc1ccc(NC(=O)[C@H]2CCCN2S(=O)(=O)c2c(C)noc2C)cc1. The molecule has 0 unspecified atom stereocenters. The van der Waals surface area contributed by atoms with E-state index in [-0.39, 0.29) is 16.6 Å². The summed E-state index contributed by atoms with van der Waals surface area (Å²) in [7, 11) is -3.83. The molecule has 2 heterocycles. The maximum atomic E-state index is 13.0. The van der Waals surface area contributed by atoms with Gasteiger partial charge in [0.05, 0.1) is 0 Å². The molecule has 0 saturated carbocycles. The van der Waals surface area contributed by atoms with Crippen LogP contribution in [-0.2, 0) is 14.8 Å². The van der Waals surface area contributed by atoms with Gasteiger partial charge in [-0.05, 0) is 45.7 Å². The fraction of sp³-hybridized carbons (Fsp3) is 0.412. The van der Waals surface area contributed by atoms with E-state index in [1.54, 1.807) is 26.0 Å². The van der Waals surface area contributed by atoms with Gasteiger partial charge >= 0.3 is 0 Å². The summed E-state index contributed by atoms with van der Waals surface area (Å²) in [5.74, 6) is -0.0845. The average molecular weight is 363 g/mol. The highest BCUT2D eigenvalue weighted by Crippen LogP contribution is 2.30. The van der Waals surface area contributed by atoms with Crippen molar-refractivity contribution in [2.75, 3.05) is 11.9 Å². The largest absolute Gasteiger partial charge is 0.360 e. The molecule has 1 saturated heterocycles. The summed E-state index contributed by atoms with van der Waals surface area (Å²) >= 11 is 0. The third-order valence-electron chi connectivity index (χ3n) is 4.36. The lowest BCUT2D eigenvalue weighted by Gasteiger charge is -2.23. The molecule has 1 atom stereocenters. The lowest BCUT2D eigenvalue weighted by Crippen LogP contribution is -2.43. The van der Waals surface area contributed by atoms with Gasteiger partial charge in [-0.3, -0.25) is 4.79 Å². The highest BCUT2D eigenvalue weighted by atomic mass is 32.2. The number of aromatic nitrogens is 1. The Kier molecular flexibility index (Phi) is 4.66. The maximum Gasteiger partial charge on any atom is 0.249 e. The van der Waals surface area contributed by atoms with E-state index < -0.39 is 16.1 Å². The van der Waals surface area contributed by atoms with Gasteiger partial charge in [-0.1, -0.05) is 22.9 Å². The summed E-state index contributed by atoms with van der Waals surface area (Å²) in [5.41, 5.74) is 2.04. The van der Waals surface area contributed by atoms with Crippen LogP contribution < -0.4 is 5.32 Å². The topological polar surface area (TPSA) is 92.5 Å². The zero-order chi connectivity index (χ0) is 18.2. The van der Waals surface area contributed by atoms with Gasteiger partial charge in [0.1, 0.15) is 16.6 Å². The van der Waals surface area contributed by atoms with E-state index in [1.165, 1.54) is 4.31 Å². The third kappa shape index (κ3) is 3.32. The van der Waals surface area contributed by atoms with Gasteiger partial charge in [-0.15, -0.1) is 0 Å². The second-order valence-electron chi connectivity index (χ2n) is 6.28. The molecule has 8 heteroatoms. The lowest BCUT2D eigenvalue weighted by molar-refractivity contribution is -0.119. The van der Waals surface area contributed by atoms with E-state index >= 15 is 0 Å². The van der Waals surface area contributed by atoms with Crippen LogP contribution in [0.4, 0.5) is 5.69 Å². The Hall–Kier alpha value is -2.19. The van der Waals surface area contributed by atoms with Gasteiger partial charge in [0, 0.05) is 12.2 Å². The van der Waals surface area contributed by atoms with Crippen LogP contribution in [0.2, 0.25) is 0 Å². The first kappa shape index (κ1) is 17.6. The zero-order valence-corrected chi connectivity index (χ0v) is 15.3. The quantitative estimate of drug-likeness (QED) is 0.900. The number of sulfonamides is 1.